The van der Waals surface area contributed by atoms with Crippen LogP contribution >= 0.6 is 0 Å². The Hall–Kier alpha value is -4.04. The molecule has 3 aromatic carbocycles. The summed E-state index contributed by atoms with van der Waals surface area (Å²) in [6, 6.07) is 14.6. The largest absolute Gasteiger partial charge is 0.503 e. The van der Waals surface area contributed by atoms with E-state index in [1.165, 1.54) is 12.5 Å². The van der Waals surface area contributed by atoms with E-state index in [1.807, 2.05) is 36.4 Å². The van der Waals surface area contributed by atoms with Crippen LogP contribution in [-0.4, -0.2) is 34.1 Å². The lowest BCUT2D eigenvalue weighted by Crippen LogP contribution is -2.40. The molecule has 0 fully saturated rings. The van der Waals surface area contributed by atoms with Gasteiger partial charge >= 0.3 is 5.97 Å². The zero-order valence-corrected chi connectivity index (χ0v) is 15.7. The molecule has 3 aromatic rings. The molecule has 0 unspecified atom stereocenters. The molecule has 0 aromatic heterocycles. The van der Waals surface area contributed by atoms with Crippen LogP contribution < -0.4 is 16.3 Å². The molecular formula is C22H17N3O5. The third kappa shape index (κ3) is 3.51. The number of nitrogens with one attached hydrogen (secondary N) is 1. The predicted octanol–water partition coefficient (Wildman–Crippen LogP) is 1.64. The van der Waals surface area contributed by atoms with Gasteiger partial charge in [0.1, 0.15) is 6.34 Å². The number of carboxylic acids is 1. The number of aromatic hydroxyl groups is 1. The van der Waals surface area contributed by atoms with Crippen LogP contribution in [0.5, 0.6) is 5.75 Å². The zero-order chi connectivity index (χ0) is 21.3. The average molecular weight is 403 g/mol. The van der Waals surface area contributed by atoms with Crippen LogP contribution in [0, 0.1) is 0 Å². The van der Waals surface area contributed by atoms with Crippen molar-refractivity contribution < 1.29 is 15.0 Å². The van der Waals surface area contributed by atoms with E-state index in [2.05, 4.69) is 10.4 Å². The minimum Gasteiger partial charge on any atom is -0.503 e. The fraction of sp³-hybridized carbons (Fsp3) is 0.0909. The van der Waals surface area contributed by atoms with Crippen molar-refractivity contribution in [3.63, 3.8) is 0 Å². The molecule has 8 nitrogen and oxygen atoms in total. The number of benzene rings is 2. The SMILES string of the molecule is O=C(O)C1=CN=CN(NCc2ccc(-c3ccccc3-c3c(O)c(=O)c3=O)cc2)C1. The highest BCUT2D eigenvalue weighted by molar-refractivity contribution is 5.88. The summed E-state index contributed by atoms with van der Waals surface area (Å²) in [7, 11) is 0. The Labute approximate surface area is 170 Å². The molecular weight excluding hydrogens is 386 g/mol. The van der Waals surface area contributed by atoms with Crippen LogP contribution in [-0.2, 0) is 11.3 Å². The molecule has 0 aliphatic carbocycles. The van der Waals surface area contributed by atoms with E-state index in [9.17, 15) is 19.5 Å². The molecule has 30 heavy (non-hydrogen) atoms. The third-order valence-corrected chi connectivity index (χ3v) is 4.88. The van der Waals surface area contributed by atoms with Gasteiger partial charge in [-0.05, 0) is 22.3 Å². The van der Waals surface area contributed by atoms with Crippen LogP contribution in [0.2, 0.25) is 0 Å². The van der Waals surface area contributed by atoms with Gasteiger partial charge in [-0.3, -0.25) is 14.6 Å². The first-order chi connectivity index (χ1) is 14.5. The van der Waals surface area contributed by atoms with Crippen molar-refractivity contribution in [3.8, 4) is 28.0 Å². The first kappa shape index (κ1) is 19.3. The summed E-state index contributed by atoms with van der Waals surface area (Å²) in [4.78, 5) is 38.2. The highest BCUT2D eigenvalue weighted by Crippen LogP contribution is 2.34. The van der Waals surface area contributed by atoms with Crippen molar-refractivity contribution in [2.24, 2.45) is 4.99 Å². The highest BCUT2D eigenvalue weighted by atomic mass is 16.4. The number of aliphatic imine (C=N–C) groups is 1. The lowest BCUT2D eigenvalue weighted by Gasteiger charge is -2.23. The Morgan fingerprint density at radius 3 is 2.40 bits per heavy atom. The predicted molar refractivity (Wildman–Crippen MR) is 112 cm³/mol. The fourth-order valence-corrected chi connectivity index (χ4v) is 3.27. The summed E-state index contributed by atoms with van der Waals surface area (Å²) in [6.45, 7) is 0.662. The van der Waals surface area contributed by atoms with Crippen molar-refractivity contribution in [1.29, 1.82) is 0 Å². The third-order valence-electron chi connectivity index (χ3n) is 4.88. The summed E-state index contributed by atoms with van der Waals surface area (Å²) < 4.78 is 0. The molecule has 1 aliphatic rings. The smallest absolute Gasteiger partial charge is 0.335 e. The maximum absolute atomic E-state index is 11.9. The average Bonchev–Trinajstić information content (AvgIpc) is 2.78. The van der Waals surface area contributed by atoms with Crippen LogP contribution in [0.1, 0.15) is 5.56 Å². The van der Waals surface area contributed by atoms with Crippen LogP contribution in [0.3, 0.4) is 0 Å². The van der Waals surface area contributed by atoms with Gasteiger partial charge in [-0.15, -0.1) is 0 Å². The molecule has 0 saturated carbocycles. The number of hydrazine groups is 1. The summed E-state index contributed by atoms with van der Waals surface area (Å²) in [6.07, 6.45) is 2.84. The molecule has 4 rings (SSSR count). The van der Waals surface area contributed by atoms with Crippen LogP contribution in [0.25, 0.3) is 22.3 Å². The van der Waals surface area contributed by atoms with Gasteiger partial charge in [-0.25, -0.2) is 15.2 Å². The van der Waals surface area contributed by atoms with Crippen LogP contribution in [0.4, 0.5) is 0 Å². The number of nitrogens with zero attached hydrogens (tertiary/aromatic N) is 2. The Bertz CT molecular complexity index is 1250. The van der Waals surface area contributed by atoms with Crippen molar-refractivity contribution in [2.45, 2.75) is 6.54 Å². The molecule has 1 aliphatic heterocycles. The molecule has 0 saturated heterocycles. The first-order valence-electron chi connectivity index (χ1n) is 9.12. The second-order valence-corrected chi connectivity index (χ2v) is 6.81. The topological polar surface area (TPSA) is 119 Å². The monoisotopic (exact) mass is 403 g/mol. The van der Waals surface area contributed by atoms with Gasteiger partial charge in [-0.2, -0.15) is 0 Å². The molecule has 0 bridgehead atoms. The van der Waals surface area contributed by atoms with E-state index >= 15 is 0 Å². The number of hydrogen-bond acceptors (Lipinski definition) is 7. The van der Waals surface area contributed by atoms with Gasteiger partial charge < -0.3 is 10.2 Å². The van der Waals surface area contributed by atoms with Crippen molar-refractivity contribution >= 4 is 12.3 Å². The normalized spacial score (nSPS) is 13.5. The number of carbonyl (C=O) groups is 1. The van der Waals surface area contributed by atoms with Gasteiger partial charge in [0.25, 0.3) is 5.43 Å². The van der Waals surface area contributed by atoms with Gasteiger partial charge in [0.05, 0.1) is 17.7 Å². The molecule has 0 atom stereocenters. The summed E-state index contributed by atoms with van der Waals surface area (Å²) >= 11 is 0. The molecule has 0 amide bonds. The fourth-order valence-electron chi connectivity index (χ4n) is 3.27. The lowest BCUT2D eigenvalue weighted by atomic mass is 9.91. The van der Waals surface area contributed by atoms with Crippen molar-refractivity contribution in [1.82, 2.24) is 10.4 Å². The summed E-state index contributed by atoms with van der Waals surface area (Å²) in [5.74, 6) is -1.50. The number of carboxylic acid groups (broad SMARTS) is 1. The summed E-state index contributed by atoms with van der Waals surface area (Å²) in [5, 5.41) is 20.5. The van der Waals surface area contributed by atoms with E-state index in [-0.39, 0.29) is 17.7 Å². The lowest BCUT2D eigenvalue weighted by molar-refractivity contribution is -0.132. The van der Waals surface area contributed by atoms with E-state index in [4.69, 9.17) is 5.11 Å². The first-order valence-corrected chi connectivity index (χ1v) is 9.12. The molecule has 8 heteroatoms. The second kappa shape index (κ2) is 7.76. The van der Waals surface area contributed by atoms with E-state index in [0.29, 0.717) is 12.1 Å². The van der Waals surface area contributed by atoms with Crippen molar-refractivity contribution in [3.05, 3.63) is 86.3 Å². The maximum Gasteiger partial charge on any atom is 0.335 e. The zero-order valence-electron chi connectivity index (χ0n) is 15.7. The number of aliphatic carboxylic acids is 1. The quantitative estimate of drug-likeness (QED) is 0.535. The molecule has 0 spiro atoms. The van der Waals surface area contributed by atoms with Crippen LogP contribution in [0.15, 0.2) is 74.9 Å². The number of hydrogen-bond donors (Lipinski definition) is 3. The minimum absolute atomic E-state index is 0.0491. The van der Waals surface area contributed by atoms with E-state index < -0.39 is 22.6 Å². The van der Waals surface area contributed by atoms with Gasteiger partial charge in [0.2, 0.25) is 5.43 Å². The summed E-state index contributed by atoms with van der Waals surface area (Å²) in [5.41, 5.74) is 4.84. The van der Waals surface area contributed by atoms with Crippen molar-refractivity contribution in [2.75, 3.05) is 6.54 Å². The molecule has 150 valence electrons. The van der Waals surface area contributed by atoms with Gasteiger partial charge in [-0.1, -0.05) is 48.5 Å². The Balaban J connectivity index is 1.50. The number of rotatable bonds is 6. The Morgan fingerprint density at radius 1 is 1.03 bits per heavy atom. The Kier molecular flexibility index (Phi) is 4.99. The second-order valence-electron chi connectivity index (χ2n) is 6.81. The Morgan fingerprint density at radius 2 is 1.73 bits per heavy atom. The van der Waals surface area contributed by atoms with Gasteiger partial charge in [0, 0.05) is 12.7 Å². The highest BCUT2D eigenvalue weighted by Gasteiger charge is 2.23. The standard InChI is InChI=1S/C22H17N3O5/c26-19-18(20(27)21(19)28)17-4-2-1-3-16(17)14-7-5-13(6-8-14)9-24-25-11-15(22(29)30)10-23-12-25/h1-8,10,12,24,26H,9,11H2,(H,29,30). The molecule has 1 heterocycles. The van der Waals surface area contributed by atoms with E-state index in [1.54, 1.807) is 17.1 Å². The minimum atomic E-state index is -1.01. The molecule has 3 N–H and O–H groups in total. The maximum atomic E-state index is 11.9. The molecule has 0 radical (unpaired) electrons. The van der Waals surface area contributed by atoms with E-state index in [0.717, 1.165) is 16.7 Å². The van der Waals surface area contributed by atoms with Gasteiger partial charge in [0.15, 0.2) is 5.75 Å².